The maximum Gasteiger partial charge on any atom is 0.322 e. The van der Waals surface area contributed by atoms with Crippen LogP contribution in [0.4, 0.5) is 0 Å². The minimum Gasteiger partial charge on any atom is -0.507 e. The molecule has 1 aromatic carbocycles. The molecule has 0 saturated carbocycles. The SMILES string of the molecule is O=C(O)CNC(=O)c1ccccc1O.[HH]. The molecule has 0 radical (unpaired) electrons. The molecule has 0 aliphatic carbocycles. The van der Waals surface area contributed by atoms with Crippen molar-refractivity contribution in [3.05, 3.63) is 29.8 Å². The van der Waals surface area contributed by atoms with Gasteiger partial charge < -0.3 is 15.5 Å². The second-order valence-electron chi connectivity index (χ2n) is 2.59. The summed E-state index contributed by atoms with van der Waals surface area (Å²) >= 11 is 0. The van der Waals surface area contributed by atoms with Crippen LogP contribution in [0.25, 0.3) is 0 Å². The Morgan fingerprint density at radius 2 is 2.00 bits per heavy atom. The number of nitrogens with one attached hydrogen (secondary N) is 1. The van der Waals surface area contributed by atoms with Crippen molar-refractivity contribution in [3.63, 3.8) is 0 Å². The molecule has 0 atom stereocenters. The zero-order valence-electron chi connectivity index (χ0n) is 7.23. The highest BCUT2D eigenvalue weighted by Crippen LogP contribution is 2.14. The number of carbonyl (C=O) groups excluding carboxylic acids is 1. The molecule has 0 unspecified atom stereocenters. The van der Waals surface area contributed by atoms with E-state index in [4.69, 9.17) is 5.11 Å². The van der Waals surface area contributed by atoms with Crippen molar-refractivity contribution in [2.24, 2.45) is 0 Å². The van der Waals surface area contributed by atoms with E-state index >= 15 is 0 Å². The topological polar surface area (TPSA) is 86.6 Å². The minimum atomic E-state index is -1.13. The number of carboxylic acid groups (broad SMARTS) is 1. The summed E-state index contributed by atoms with van der Waals surface area (Å²) < 4.78 is 0. The molecular formula is C9H11NO4. The first-order valence-electron chi connectivity index (χ1n) is 3.89. The lowest BCUT2D eigenvalue weighted by Gasteiger charge is -2.03. The Kier molecular flexibility index (Phi) is 3.06. The second-order valence-corrected chi connectivity index (χ2v) is 2.59. The van der Waals surface area contributed by atoms with Crippen molar-refractivity contribution in [2.45, 2.75) is 0 Å². The summed E-state index contributed by atoms with van der Waals surface area (Å²) in [6.45, 7) is -0.465. The van der Waals surface area contributed by atoms with Crippen LogP contribution in [0.15, 0.2) is 24.3 Å². The van der Waals surface area contributed by atoms with Crippen LogP contribution in [0, 0.1) is 0 Å². The summed E-state index contributed by atoms with van der Waals surface area (Å²) in [5, 5.41) is 19.7. The highest BCUT2D eigenvalue weighted by molar-refractivity contribution is 5.98. The number of para-hydroxylation sites is 1. The predicted molar refractivity (Wildman–Crippen MR) is 50.2 cm³/mol. The molecule has 14 heavy (non-hydrogen) atoms. The molecule has 0 aliphatic heterocycles. The number of hydrogen-bond donors (Lipinski definition) is 3. The third-order valence-electron chi connectivity index (χ3n) is 1.55. The van der Waals surface area contributed by atoms with Crippen LogP contribution < -0.4 is 5.32 Å². The normalized spacial score (nSPS) is 9.43. The summed E-state index contributed by atoms with van der Waals surface area (Å²) in [6.07, 6.45) is 0. The van der Waals surface area contributed by atoms with Gasteiger partial charge in [0.25, 0.3) is 5.91 Å². The van der Waals surface area contributed by atoms with Gasteiger partial charge in [0, 0.05) is 1.43 Å². The molecule has 76 valence electrons. The molecule has 1 amide bonds. The second kappa shape index (κ2) is 4.27. The average Bonchev–Trinajstić information content (AvgIpc) is 2.15. The van der Waals surface area contributed by atoms with E-state index in [0.29, 0.717) is 0 Å². The van der Waals surface area contributed by atoms with Crippen LogP contribution in [-0.4, -0.2) is 28.6 Å². The van der Waals surface area contributed by atoms with E-state index in [-0.39, 0.29) is 12.7 Å². The van der Waals surface area contributed by atoms with Gasteiger partial charge in [-0.05, 0) is 12.1 Å². The fourth-order valence-corrected chi connectivity index (χ4v) is 0.917. The quantitative estimate of drug-likeness (QED) is 0.656. The van der Waals surface area contributed by atoms with Gasteiger partial charge >= 0.3 is 5.97 Å². The summed E-state index contributed by atoms with van der Waals surface area (Å²) in [5.74, 6) is -1.91. The number of benzene rings is 1. The van der Waals surface area contributed by atoms with E-state index in [2.05, 4.69) is 5.32 Å². The molecule has 0 spiro atoms. The molecule has 1 rings (SSSR count). The van der Waals surface area contributed by atoms with Crippen molar-refractivity contribution >= 4 is 11.9 Å². The molecule has 0 aromatic heterocycles. The average molecular weight is 197 g/mol. The smallest absolute Gasteiger partial charge is 0.322 e. The summed E-state index contributed by atoms with van der Waals surface area (Å²) in [4.78, 5) is 21.4. The minimum absolute atomic E-state index is 0. The first kappa shape index (κ1) is 10.0. The number of aliphatic carboxylic acids is 1. The highest BCUT2D eigenvalue weighted by Gasteiger charge is 2.10. The zero-order chi connectivity index (χ0) is 10.6. The van der Waals surface area contributed by atoms with Crippen molar-refractivity contribution in [2.75, 3.05) is 6.54 Å². The van der Waals surface area contributed by atoms with Gasteiger partial charge in [-0.3, -0.25) is 9.59 Å². The van der Waals surface area contributed by atoms with E-state index in [0.717, 1.165) is 0 Å². The number of hydrogen-bond acceptors (Lipinski definition) is 3. The lowest BCUT2D eigenvalue weighted by atomic mass is 10.2. The van der Waals surface area contributed by atoms with Gasteiger partial charge in [-0.2, -0.15) is 0 Å². The number of aromatic hydroxyl groups is 1. The van der Waals surface area contributed by atoms with Crippen molar-refractivity contribution < 1.29 is 21.2 Å². The lowest BCUT2D eigenvalue weighted by Crippen LogP contribution is -2.29. The maximum absolute atomic E-state index is 11.2. The highest BCUT2D eigenvalue weighted by atomic mass is 16.4. The van der Waals surface area contributed by atoms with E-state index in [9.17, 15) is 14.7 Å². The van der Waals surface area contributed by atoms with Gasteiger partial charge in [0.2, 0.25) is 0 Å². The molecule has 5 nitrogen and oxygen atoms in total. The summed E-state index contributed by atoms with van der Waals surface area (Å²) in [5.41, 5.74) is 0.0637. The number of rotatable bonds is 3. The zero-order valence-corrected chi connectivity index (χ0v) is 7.23. The van der Waals surface area contributed by atoms with Gasteiger partial charge in [-0.25, -0.2) is 0 Å². The lowest BCUT2D eigenvalue weighted by molar-refractivity contribution is -0.135. The molecule has 1 aromatic rings. The van der Waals surface area contributed by atoms with Crippen molar-refractivity contribution in [3.8, 4) is 5.75 Å². The third-order valence-corrected chi connectivity index (χ3v) is 1.55. The molecule has 0 bridgehead atoms. The van der Waals surface area contributed by atoms with Crippen LogP contribution in [0.1, 0.15) is 11.8 Å². The monoisotopic (exact) mass is 197 g/mol. The fourth-order valence-electron chi connectivity index (χ4n) is 0.917. The standard InChI is InChI=1S/C9H9NO4.H2/c11-7-4-2-1-3-6(7)9(14)10-5-8(12)13;/h1-4,11H,5H2,(H,10,14)(H,12,13);1H. The van der Waals surface area contributed by atoms with Gasteiger partial charge in [0.15, 0.2) is 0 Å². The molecule has 5 heteroatoms. The Morgan fingerprint density at radius 3 is 2.57 bits per heavy atom. The Hall–Kier alpha value is -2.04. The van der Waals surface area contributed by atoms with Gasteiger partial charge in [-0.1, -0.05) is 12.1 Å². The van der Waals surface area contributed by atoms with E-state index in [1.165, 1.54) is 12.1 Å². The summed E-state index contributed by atoms with van der Waals surface area (Å²) in [6, 6.07) is 5.92. The molecule has 3 N–H and O–H groups in total. The molecule has 0 saturated heterocycles. The van der Waals surface area contributed by atoms with Gasteiger partial charge in [-0.15, -0.1) is 0 Å². The van der Waals surface area contributed by atoms with Gasteiger partial charge in [0.1, 0.15) is 12.3 Å². The largest absolute Gasteiger partial charge is 0.507 e. The van der Waals surface area contributed by atoms with Crippen LogP contribution in [0.2, 0.25) is 0 Å². The third kappa shape index (κ3) is 2.48. The van der Waals surface area contributed by atoms with E-state index in [1.54, 1.807) is 12.1 Å². The Bertz CT molecular complexity index is 367. The van der Waals surface area contributed by atoms with Crippen LogP contribution >= 0.6 is 0 Å². The van der Waals surface area contributed by atoms with Crippen LogP contribution in [0.5, 0.6) is 5.75 Å². The molecule has 0 fully saturated rings. The Morgan fingerprint density at radius 1 is 1.36 bits per heavy atom. The van der Waals surface area contributed by atoms with Crippen molar-refractivity contribution in [1.82, 2.24) is 5.32 Å². The first-order chi connectivity index (χ1) is 6.61. The van der Waals surface area contributed by atoms with Crippen LogP contribution in [0.3, 0.4) is 0 Å². The van der Waals surface area contributed by atoms with Crippen molar-refractivity contribution in [1.29, 1.82) is 0 Å². The summed E-state index contributed by atoms with van der Waals surface area (Å²) in [7, 11) is 0. The Labute approximate surface area is 81.5 Å². The number of phenols is 1. The number of phenolic OH excluding ortho intramolecular Hbond substituents is 1. The number of amides is 1. The van der Waals surface area contributed by atoms with E-state index < -0.39 is 18.4 Å². The fraction of sp³-hybridized carbons (Fsp3) is 0.111. The maximum atomic E-state index is 11.2. The Balaban J connectivity index is 0.00000196. The number of carbonyl (C=O) groups is 2. The molecular weight excluding hydrogens is 186 g/mol. The first-order valence-corrected chi connectivity index (χ1v) is 3.89. The van der Waals surface area contributed by atoms with Gasteiger partial charge in [0.05, 0.1) is 5.56 Å². The van der Waals surface area contributed by atoms with E-state index in [1.807, 2.05) is 0 Å². The molecule has 0 heterocycles. The van der Waals surface area contributed by atoms with Crippen LogP contribution in [-0.2, 0) is 4.79 Å². The molecule has 0 aliphatic rings. The number of carboxylic acids is 1. The predicted octanol–water partition coefficient (Wildman–Crippen LogP) is 0.453.